The second kappa shape index (κ2) is 7.88. The number of piperidine rings is 1. The van der Waals surface area contributed by atoms with Crippen molar-refractivity contribution < 1.29 is 0 Å². The van der Waals surface area contributed by atoms with Crippen LogP contribution >= 0.6 is 11.3 Å². The summed E-state index contributed by atoms with van der Waals surface area (Å²) in [4.78, 5) is 32.6. The normalized spacial score (nSPS) is 15.1. The molecule has 0 bridgehead atoms. The van der Waals surface area contributed by atoms with Gasteiger partial charge in [-0.25, -0.2) is 19.6 Å². The lowest BCUT2D eigenvalue weighted by atomic mass is 9.97. The van der Waals surface area contributed by atoms with Crippen LogP contribution in [-0.4, -0.2) is 42.8 Å². The van der Waals surface area contributed by atoms with Gasteiger partial charge < -0.3 is 9.88 Å². The minimum absolute atomic E-state index is 0.0514. The number of nitrogens with zero attached hydrogens (tertiary/aromatic N) is 6. The van der Waals surface area contributed by atoms with E-state index in [9.17, 15) is 4.79 Å². The zero-order valence-corrected chi connectivity index (χ0v) is 18.7. The number of nitrogens with one attached hydrogen (secondary N) is 1. The second-order valence-corrected chi connectivity index (χ2v) is 9.43. The molecule has 8 nitrogen and oxygen atoms in total. The van der Waals surface area contributed by atoms with Crippen LogP contribution in [-0.2, 0) is 6.54 Å². The summed E-state index contributed by atoms with van der Waals surface area (Å²) in [6, 6.07) is 5.47. The summed E-state index contributed by atoms with van der Waals surface area (Å²) in [5.74, 6) is 1.37. The van der Waals surface area contributed by atoms with Gasteiger partial charge in [-0.15, -0.1) is 11.3 Å². The molecule has 1 saturated heterocycles. The van der Waals surface area contributed by atoms with Crippen molar-refractivity contribution in [2.45, 2.75) is 40.2 Å². The summed E-state index contributed by atoms with van der Waals surface area (Å²) in [5.41, 5.74) is 4.77. The van der Waals surface area contributed by atoms with Gasteiger partial charge in [0, 0.05) is 31.4 Å². The molecule has 5 rings (SSSR count). The van der Waals surface area contributed by atoms with E-state index in [0.717, 1.165) is 69.7 Å². The Bertz CT molecular complexity index is 1300. The standard InChI is InChI=1S/C22H25N7OS/c1-13-10-18-20(25-13)22(24-12-23-18)28-8-6-16(7-9-28)11-29-19(30)5-4-17(27-29)21-14(2)26-15(3)31-21/h4-5,10,12,16,25H,6-9,11H2,1-3H3. The zero-order chi connectivity index (χ0) is 21.5. The number of anilines is 1. The highest BCUT2D eigenvalue weighted by Crippen LogP contribution is 2.29. The smallest absolute Gasteiger partial charge is 0.266 e. The Morgan fingerprint density at radius 2 is 1.97 bits per heavy atom. The van der Waals surface area contributed by atoms with Crippen LogP contribution in [0.15, 0.2) is 29.3 Å². The minimum atomic E-state index is -0.0514. The Kier molecular flexibility index (Phi) is 5.05. The van der Waals surface area contributed by atoms with Crippen LogP contribution in [0.4, 0.5) is 5.82 Å². The molecule has 1 aliphatic rings. The Hall–Kier alpha value is -3.07. The predicted molar refractivity (Wildman–Crippen MR) is 123 cm³/mol. The van der Waals surface area contributed by atoms with Crippen LogP contribution in [0.5, 0.6) is 0 Å². The molecule has 0 aromatic carbocycles. The molecule has 1 fully saturated rings. The first-order valence-corrected chi connectivity index (χ1v) is 11.4. The van der Waals surface area contributed by atoms with Crippen LogP contribution in [0.25, 0.3) is 21.6 Å². The van der Waals surface area contributed by atoms with Crippen molar-refractivity contribution in [3.8, 4) is 10.6 Å². The molecular formula is C22H25N7OS. The van der Waals surface area contributed by atoms with Gasteiger partial charge in [0.25, 0.3) is 5.56 Å². The summed E-state index contributed by atoms with van der Waals surface area (Å²) in [6.45, 7) is 8.45. The van der Waals surface area contributed by atoms with Crippen molar-refractivity contribution in [2.24, 2.45) is 5.92 Å². The van der Waals surface area contributed by atoms with E-state index in [0.29, 0.717) is 12.5 Å². The molecule has 1 aliphatic heterocycles. The molecule has 1 N–H and O–H groups in total. The minimum Gasteiger partial charge on any atom is -0.355 e. The van der Waals surface area contributed by atoms with E-state index in [2.05, 4.69) is 29.9 Å². The number of hydrogen-bond acceptors (Lipinski definition) is 7. The third-order valence-corrected chi connectivity index (χ3v) is 6.98. The van der Waals surface area contributed by atoms with Crippen LogP contribution in [0.3, 0.4) is 0 Å². The van der Waals surface area contributed by atoms with E-state index < -0.39 is 0 Å². The van der Waals surface area contributed by atoms with Gasteiger partial charge in [0.2, 0.25) is 0 Å². The lowest BCUT2D eigenvalue weighted by Crippen LogP contribution is -2.37. The zero-order valence-electron chi connectivity index (χ0n) is 17.9. The molecule has 0 amide bonds. The maximum absolute atomic E-state index is 12.5. The molecule has 0 spiro atoms. The van der Waals surface area contributed by atoms with Crippen molar-refractivity contribution in [3.05, 3.63) is 51.3 Å². The maximum Gasteiger partial charge on any atom is 0.266 e. The van der Waals surface area contributed by atoms with Crippen molar-refractivity contribution in [3.63, 3.8) is 0 Å². The average molecular weight is 436 g/mol. The molecule has 0 unspecified atom stereocenters. The quantitative estimate of drug-likeness (QED) is 0.528. The first kappa shape index (κ1) is 19.9. The van der Waals surface area contributed by atoms with Gasteiger partial charge >= 0.3 is 0 Å². The van der Waals surface area contributed by atoms with E-state index in [1.165, 1.54) is 0 Å². The van der Waals surface area contributed by atoms with Gasteiger partial charge in [0.1, 0.15) is 17.5 Å². The Labute approximate surface area is 184 Å². The monoisotopic (exact) mass is 435 g/mol. The molecule has 0 saturated carbocycles. The van der Waals surface area contributed by atoms with E-state index in [1.54, 1.807) is 34.5 Å². The second-order valence-electron chi connectivity index (χ2n) is 8.23. The highest BCUT2D eigenvalue weighted by molar-refractivity contribution is 7.15. The Balaban J connectivity index is 1.31. The van der Waals surface area contributed by atoms with Crippen molar-refractivity contribution >= 4 is 28.2 Å². The van der Waals surface area contributed by atoms with E-state index >= 15 is 0 Å². The summed E-state index contributed by atoms with van der Waals surface area (Å²) in [5, 5.41) is 5.68. The van der Waals surface area contributed by atoms with E-state index in [4.69, 9.17) is 0 Å². The molecular weight excluding hydrogens is 410 g/mol. The first-order chi connectivity index (χ1) is 15.0. The number of aromatic amines is 1. The van der Waals surface area contributed by atoms with Gasteiger partial charge in [0.05, 0.1) is 21.1 Å². The highest BCUT2D eigenvalue weighted by atomic mass is 32.1. The van der Waals surface area contributed by atoms with Crippen LogP contribution in [0.1, 0.15) is 29.2 Å². The third-order valence-electron chi connectivity index (χ3n) is 5.88. The fraction of sp³-hybridized carbons (Fsp3) is 0.409. The van der Waals surface area contributed by atoms with Gasteiger partial charge in [0.15, 0.2) is 5.82 Å². The summed E-state index contributed by atoms with van der Waals surface area (Å²) >= 11 is 1.62. The Morgan fingerprint density at radius 3 is 2.71 bits per heavy atom. The predicted octanol–water partition coefficient (Wildman–Crippen LogP) is 3.48. The van der Waals surface area contributed by atoms with Gasteiger partial charge in [-0.05, 0) is 51.7 Å². The number of aromatic nitrogens is 6. The summed E-state index contributed by atoms with van der Waals surface area (Å²) < 4.78 is 1.63. The molecule has 31 heavy (non-hydrogen) atoms. The number of H-pyrrole nitrogens is 1. The molecule has 4 aromatic rings. The van der Waals surface area contributed by atoms with Crippen LogP contribution in [0, 0.1) is 26.7 Å². The number of thiazole rings is 1. The number of aryl methyl sites for hydroxylation is 3. The van der Waals surface area contributed by atoms with Crippen molar-refractivity contribution in [1.82, 2.24) is 29.7 Å². The summed E-state index contributed by atoms with van der Waals surface area (Å²) in [7, 11) is 0. The third kappa shape index (κ3) is 3.85. The van der Waals surface area contributed by atoms with Crippen molar-refractivity contribution in [1.29, 1.82) is 0 Å². The van der Waals surface area contributed by atoms with Gasteiger partial charge in [-0.2, -0.15) is 5.10 Å². The fourth-order valence-corrected chi connectivity index (χ4v) is 5.22. The largest absolute Gasteiger partial charge is 0.355 e. The van der Waals surface area contributed by atoms with Crippen molar-refractivity contribution in [2.75, 3.05) is 18.0 Å². The molecule has 160 valence electrons. The number of fused-ring (bicyclic) bond motifs is 1. The number of rotatable bonds is 4. The summed E-state index contributed by atoms with van der Waals surface area (Å²) in [6.07, 6.45) is 3.61. The van der Waals surface area contributed by atoms with E-state index in [1.807, 2.05) is 26.8 Å². The molecule has 5 heterocycles. The van der Waals surface area contributed by atoms with Gasteiger partial charge in [-0.1, -0.05) is 0 Å². The van der Waals surface area contributed by atoms with Crippen LogP contribution in [0.2, 0.25) is 0 Å². The fourth-order valence-electron chi connectivity index (χ4n) is 4.34. The highest BCUT2D eigenvalue weighted by Gasteiger charge is 2.23. The van der Waals surface area contributed by atoms with E-state index in [-0.39, 0.29) is 5.56 Å². The van der Waals surface area contributed by atoms with Crippen LogP contribution < -0.4 is 10.5 Å². The molecule has 0 radical (unpaired) electrons. The SMILES string of the molecule is Cc1cc2ncnc(N3CCC(Cn4nc(-c5sc(C)nc5C)ccc4=O)CC3)c2[nH]1. The first-order valence-electron chi connectivity index (χ1n) is 10.6. The molecule has 4 aromatic heterocycles. The maximum atomic E-state index is 12.5. The lowest BCUT2D eigenvalue weighted by Gasteiger charge is -2.32. The lowest BCUT2D eigenvalue weighted by molar-refractivity contribution is 0.335. The topological polar surface area (TPSA) is 92.6 Å². The number of hydrogen-bond donors (Lipinski definition) is 1. The molecule has 0 atom stereocenters. The average Bonchev–Trinajstić information content (AvgIpc) is 3.30. The van der Waals surface area contributed by atoms with Gasteiger partial charge in [-0.3, -0.25) is 4.79 Å². The molecule has 9 heteroatoms. The molecule has 0 aliphatic carbocycles. The Morgan fingerprint density at radius 1 is 1.16 bits per heavy atom.